The van der Waals surface area contributed by atoms with E-state index in [9.17, 15) is 9.59 Å². The van der Waals surface area contributed by atoms with Gasteiger partial charge in [-0.1, -0.05) is 6.92 Å². The molecule has 0 saturated carbocycles. The summed E-state index contributed by atoms with van der Waals surface area (Å²) in [5, 5.41) is 2.81. The number of carbonyl (C=O) groups is 2. The van der Waals surface area contributed by atoms with Crippen molar-refractivity contribution in [3.05, 3.63) is 0 Å². The fourth-order valence-electron chi connectivity index (χ4n) is 2.68. The summed E-state index contributed by atoms with van der Waals surface area (Å²) in [4.78, 5) is 26.3. The number of amides is 2. The Kier molecular flexibility index (Phi) is 8.09. The SMILES string of the molecule is CCC(NC(=O)[C@@H]1CC[C@H](CN)O1)C(=O)N1CCOCC1.Cl. The molecule has 2 aliphatic heterocycles. The molecular formula is C14H26ClN3O4. The molecule has 0 bridgehead atoms. The van der Waals surface area contributed by atoms with Crippen LogP contribution in [0.25, 0.3) is 0 Å². The van der Waals surface area contributed by atoms with Gasteiger partial charge in [0.15, 0.2) is 0 Å². The van der Waals surface area contributed by atoms with Crippen LogP contribution in [0.15, 0.2) is 0 Å². The molecule has 0 aliphatic carbocycles. The Labute approximate surface area is 137 Å². The molecule has 3 atom stereocenters. The first-order chi connectivity index (χ1) is 10.2. The maximum absolute atomic E-state index is 12.4. The summed E-state index contributed by atoms with van der Waals surface area (Å²) in [7, 11) is 0. The minimum Gasteiger partial charge on any atom is -0.378 e. The van der Waals surface area contributed by atoms with Crippen LogP contribution in [-0.2, 0) is 19.1 Å². The number of ether oxygens (including phenoxy) is 2. The maximum Gasteiger partial charge on any atom is 0.249 e. The van der Waals surface area contributed by atoms with Crippen molar-refractivity contribution in [1.82, 2.24) is 10.2 Å². The molecule has 2 aliphatic rings. The molecular weight excluding hydrogens is 310 g/mol. The Morgan fingerprint density at radius 1 is 1.32 bits per heavy atom. The van der Waals surface area contributed by atoms with Crippen molar-refractivity contribution in [1.29, 1.82) is 0 Å². The summed E-state index contributed by atoms with van der Waals surface area (Å²) >= 11 is 0. The monoisotopic (exact) mass is 335 g/mol. The largest absolute Gasteiger partial charge is 0.378 e. The summed E-state index contributed by atoms with van der Waals surface area (Å²) < 4.78 is 10.8. The van der Waals surface area contributed by atoms with E-state index in [1.807, 2.05) is 6.92 Å². The molecule has 1 unspecified atom stereocenters. The van der Waals surface area contributed by atoms with Gasteiger partial charge in [0.1, 0.15) is 12.1 Å². The van der Waals surface area contributed by atoms with Crippen LogP contribution in [0, 0.1) is 0 Å². The maximum atomic E-state index is 12.4. The van der Waals surface area contributed by atoms with Crippen LogP contribution in [0.4, 0.5) is 0 Å². The highest BCUT2D eigenvalue weighted by Gasteiger charge is 2.33. The van der Waals surface area contributed by atoms with E-state index in [1.165, 1.54) is 0 Å². The molecule has 8 heteroatoms. The number of nitrogens with two attached hydrogens (primary N) is 1. The second-order valence-electron chi connectivity index (χ2n) is 5.47. The summed E-state index contributed by atoms with van der Waals surface area (Å²) in [6.45, 7) is 4.59. The number of morpholine rings is 1. The van der Waals surface area contributed by atoms with Crippen LogP contribution in [0.2, 0.25) is 0 Å². The van der Waals surface area contributed by atoms with E-state index in [1.54, 1.807) is 4.90 Å². The third-order valence-electron chi connectivity index (χ3n) is 4.01. The molecule has 7 nitrogen and oxygen atoms in total. The Balaban J connectivity index is 0.00000242. The average molecular weight is 336 g/mol. The molecule has 2 amide bonds. The minimum atomic E-state index is -0.490. The van der Waals surface area contributed by atoms with Crippen molar-refractivity contribution in [3.63, 3.8) is 0 Å². The van der Waals surface area contributed by atoms with E-state index >= 15 is 0 Å². The first-order valence-corrected chi connectivity index (χ1v) is 7.68. The smallest absolute Gasteiger partial charge is 0.249 e. The van der Waals surface area contributed by atoms with Crippen LogP contribution in [0.3, 0.4) is 0 Å². The number of carbonyl (C=O) groups excluding carboxylic acids is 2. The number of hydrogen-bond acceptors (Lipinski definition) is 5. The number of nitrogens with zero attached hydrogens (tertiary/aromatic N) is 1. The molecule has 0 radical (unpaired) electrons. The van der Waals surface area contributed by atoms with E-state index in [0.29, 0.717) is 45.7 Å². The lowest BCUT2D eigenvalue weighted by Gasteiger charge is -2.30. The van der Waals surface area contributed by atoms with Gasteiger partial charge in [0.2, 0.25) is 11.8 Å². The summed E-state index contributed by atoms with van der Waals surface area (Å²) in [6.07, 6.45) is 1.49. The molecule has 3 N–H and O–H groups in total. The number of halogens is 1. The molecule has 22 heavy (non-hydrogen) atoms. The van der Waals surface area contributed by atoms with Crippen molar-refractivity contribution in [3.8, 4) is 0 Å². The second kappa shape index (κ2) is 9.29. The van der Waals surface area contributed by atoms with E-state index in [-0.39, 0.29) is 30.3 Å². The lowest BCUT2D eigenvalue weighted by atomic mass is 10.1. The lowest BCUT2D eigenvalue weighted by Crippen LogP contribution is -2.53. The Morgan fingerprint density at radius 3 is 2.55 bits per heavy atom. The fraction of sp³-hybridized carbons (Fsp3) is 0.857. The van der Waals surface area contributed by atoms with Crippen molar-refractivity contribution < 1.29 is 19.1 Å². The fourth-order valence-corrected chi connectivity index (χ4v) is 2.68. The highest BCUT2D eigenvalue weighted by molar-refractivity contribution is 5.89. The Bertz CT molecular complexity index is 377. The number of nitrogens with one attached hydrogen (secondary N) is 1. The summed E-state index contributed by atoms with van der Waals surface area (Å²) in [6, 6.07) is -0.490. The molecule has 0 aromatic carbocycles. The van der Waals surface area contributed by atoms with Crippen LogP contribution in [0.5, 0.6) is 0 Å². The molecule has 0 spiro atoms. The summed E-state index contributed by atoms with van der Waals surface area (Å²) in [5.74, 6) is -0.248. The van der Waals surface area contributed by atoms with Crippen LogP contribution in [-0.4, -0.2) is 67.8 Å². The molecule has 128 valence electrons. The van der Waals surface area contributed by atoms with E-state index in [0.717, 1.165) is 6.42 Å². The predicted molar refractivity (Wildman–Crippen MR) is 83.8 cm³/mol. The van der Waals surface area contributed by atoms with Crippen LogP contribution < -0.4 is 11.1 Å². The zero-order valence-corrected chi connectivity index (χ0v) is 13.8. The topological polar surface area (TPSA) is 93.9 Å². The second-order valence-corrected chi connectivity index (χ2v) is 5.47. The summed E-state index contributed by atoms with van der Waals surface area (Å²) in [5.41, 5.74) is 5.54. The van der Waals surface area contributed by atoms with Crippen molar-refractivity contribution >= 4 is 24.2 Å². The van der Waals surface area contributed by atoms with Gasteiger partial charge in [-0.2, -0.15) is 0 Å². The Morgan fingerprint density at radius 2 is 2.00 bits per heavy atom. The molecule has 2 fully saturated rings. The van der Waals surface area contributed by atoms with Crippen molar-refractivity contribution in [2.24, 2.45) is 5.73 Å². The zero-order valence-electron chi connectivity index (χ0n) is 13.0. The van der Waals surface area contributed by atoms with Gasteiger partial charge in [-0.3, -0.25) is 9.59 Å². The number of rotatable bonds is 5. The van der Waals surface area contributed by atoms with Crippen LogP contribution >= 0.6 is 12.4 Å². The van der Waals surface area contributed by atoms with E-state index < -0.39 is 12.1 Å². The first kappa shape index (κ1) is 19.2. The van der Waals surface area contributed by atoms with Gasteiger partial charge < -0.3 is 25.4 Å². The van der Waals surface area contributed by atoms with Gasteiger partial charge >= 0.3 is 0 Å². The van der Waals surface area contributed by atoms with Crippen molar-refractivity contribution in [2.75, 3.05) is 32.8 Å². The molecule has 2 rings (SSSR count). The van der Waals surface area contributed by atoms with E-state index in [2.05, 4.69) is 5.32 Å². The van der Waals surface area contributed by atoms with Gasteiger partial charge in [0, 0.05) is 19.6 Å². The van der Waals surface area contributed by atoms with Gasteiger partial charge in [0.25, 0.3) is 0 Å². The van der Waals surface area contributed by atoms with E-state index in [4.69, 9.17) is 15.2 Å². The molecule has 2 saturated heterocycles. The molecule has 2 heterocycles. The van der Waals surface area contributed by atoms with Gasteiger partial charge in [0.05, 0.1) is 19.3 Å². The van der Waals surface area contributed by atoms with Gasteiger partial charge in [-0.05, 0) is 19.3 Å². The van der Waals surface area contributed by atoms with Crippen molar-refractivity contribution in [2.45, 2.75) is 44.4 Å². The molecule has 0 aromatic rings. The highest BCUT2D eigenvalue weighted by Crippen LogP contribution is 2.19. The van der Waals surface area contributed by atoms with Gasteiger partial charge in [-0.25, -0.2) is 0 Å². The normalized spacial score (nSPS) is 26.2. The standard InChI is InChI=1S/C14H25N3O4.ClH/c1-2-11(14(19)17-5-7-20-8-6-17)16-13(18)12-4-3-10(9-15)21-12;/h10-12H,2-9,15H2,1H3,(H,16,18);1H/t10-,11?,12+;/m1./s1. The highest BCUT2D eigenvalue weighted by atomic mass is 35.5. The minimum absolute atomic E-state index is 0. The quantitative estimate of drug-likeness (QED) is 0.717. The van der Waals surface area contributed by atoms with Crippen LogP contribution in [0.1, 0.15) is 26.2 Å². The third-order valence-corrected chi connectivity index (χ3v) is 4.01. The zero-order chi connectivity index (χ0) is 15.2. The Hall–Kier alpha value is -0.890. The number of hydrogen-bond donors (Lipinski definition) is 2. The first-order valence-electron chi connectivity index (χ1n) is 7.68. The lowest BCUT2D eigenvalue weighted by molar-refractivity contribution is -0.142. The predicted octanol–water partition coefficient (Wildman–Crippen LogP) is -0.332. The third kappa shape index (κ3) is 4.81. The molecule has 0 aromatic heterocycles. The van der Waals surface area contributed by atoms with Gasteiger partial charge in [-0.15, -0.1) is 12.4 Å². The average Bonchev–Trinajstić information content (AvgIpc) is 3.01.